The Morgan fingerprint density at radius 3 is 1.96 bits per heavy atom. The molecule has 1 aliphatic carbocycles. The molecule has 4 rings (SSSR count). The van der Waals surface area contributed by atoms with Crippen molar-refractivity contribution in [2.75, 3.05) is 0 Å². The van der Waals surface area contributed by atoms with E-state index in [0.29, 0.717) is 6.04 Å². The van der Waals surface area contributed by atoms with Crippen LogP contribution in [0.4, 0.5) is 0 Å². The summed E-state index contributed by atoms with van der Waals surface area (Å²) < 4.78 is 5.83. The largest absolute Gasteiger partial charge is 0.457 e. The third-order valence-corrected chi connectivity index (χ3v) is 4.55. The van der Waals surface area contributed by atoms with Gasteiger partial charge in [-0.3, -0.25) is 0 Å². The number of ether oxygens (including phenoxy) is 1. The molecule has 0 fully saturated rings. The van der Waals surface area contributed by atoms with Gasteiger partial charge in [0.15, 0.2) is 0 Å². The van der Waals surface area contributed by atoms with E-state index in [1.807, 2.05) is 42.5 Å². The second-order valence-corrected chi connectivity index (χ2v) is 6.31. The third kappa shape index (κ3) is 3.50. The third-order valence-electron chi connectivity index (χ3n) is 4.55. The minimum atomic E-state index is 0.544. The van der Waals surface area contributed by atoms with Crippen molar-refractivity contribution in [3.05, 3.63) is 95.6 Å². The lowest BCUT2D eigenvalue weighted by Gasteiger charge is -2.12. The fourth-order valence-electron chi connectivity index (χ4n) is 3.27. The van der Waals surface area contributed by atoms with Crippen molar-refractivity contribution in [2.45, 2.75) is 25.4 Å². The first-order chi connectivity index (χ1) is 11.9. The van der Waals surface area contributed by atoms with Crippen LogP contribution in [0.25, 0.3) is 0 Å². The van der Waals surface area contributed by atoms with Gasteiger partial charge in [-0.15, -0.1) is 0 Å². The number of hydrogen-bond donors (Lipinski definition) is 1. The van der Waals surface area contributed by atoms with Crippen molar-refractivity contribution < 1.29 is 4.74 Å². The molecule has 0 saturated heterocycles. The molecular weight excluding hydrogens is 294 g/mol. The van der Waals surface area contributed by atoms with E-state index in [1.54, 1.807) is 0 Å². The average Bonchev–Trinajstić information content (AvgIpc) is 3.05. The van der Waals surface area contributed by atoms with Gasteiger partial charge in [0.2, 0.25) is 0 Å². The zero-order valence-corrected chi connectivity index (χ0v) is 13.6. The van der Waals surface area contributed by atoms with Crippen LogP contribution in [0.5, 0.6) is 11.5 Å². The van der Waals surface area contributed by atoms with Gasteiger partial charge in [0, 0.05) is 12.6 Å². The lowest BCUT2D eigenvalue weighted by Crippen LogP contribution is -2.28. The zero-order valence-electron chi connectivity index (χ0n) is 13.6. The van der Waals surface area contributed by atoms with Crippen LogP contribution in [0.15, 0.2) is 78.9 Å². The van der Waals surface area contributed by atoms with Crippen molar-refractivity contribution in [1.29, 1.82) is 0 Å². The van der Waals surface area contributed by atoms with Crippen molar-refractivity contribution in [3.63, 3.8) is 0 Å². The number of hydrogen-bond acceptors (Lipinski definition) is 2. The summed E-state index contributed by atoms with van der Waals surface area (Å²) in [5.74, 6) is 1.74. The maximum Gasteiger partial charge on any atom is 0.127 e. The summed E-state index contributed by atoms with van der Waals surface area (Å²) in [6.45, 7) is 0.893. The molecule has 0 aliphatic heterocycles. The molecule has 1 N–H and O–H groups in total. The molecule has 120 valence electrons. The normalized spacial score (nSPS) is 13.7. The van der Waals surface area contributed by atoms with Crippen molar-refractivity contribution in [2.24, 2.45) is 0 Å². The van der Waals surface area contributed by atoms with Gasteiger partial charge in [0.1, 0.15) is 11.5 Å². The SMILES string of the molecule is c1ccc(Oc2ccc(CNC3Cc4ccccc4C3)cc2)cc1. The zero-order chi connectivity index (χ0) is 16.2. The fraction of sp³-hybridized carbons (Fsp3) is 0.182. The first-order valence-corrected chi connectivity index (χ1v) is 8.49. The first-order valence-electron chi connectivity index (χ1n) is 8.49. The monoisotopic (exact) mass is 315 g/mol. The summed E-state index contributed by atoms with van der Waals surface area (Å²) >= 11 is 0. The van der Waals surface area contributed by atoms with Gasteiger partial charge in [-0.05, 0) is 53.8 Å². The molecule has 24 heavy (non-hydrogen) atoms. The molecule has 0 spiro atoms. The quantitative estimate of drug-likeness (QED) is 0.734. The molecule has 3 aromatic carbocycles. The lowest BCUT2D eigenvalue weighted by molar-refractivity contribution is 0.482. The number of nitrogens with one attached hydrogen (secondary N) is 1. The van der Waals surface area contributed by atoms with Crippen LogP contribution in [0.3, 0.4) is 0 Å². The molecule has 0 saturated carbocycles. The van der Waals surface area contributed by atoms with Crippen molar-refractivity contribution in [3.8, 4) is 11.5 Å². The summed E-state index contributed by atoms with van der Waals surface area (Å²) in [6.07, 6.45) is 2.26. The van der Waals surface area contributed by atoms with Gasteiger partial charge in [0.25, 0.3) is 0 Å². The molecule has 0 bridgehead atoms. The fourth-order valence-corrected chi connectivity index (χ4v) is 3.27. The second-order valence-electron chi connectivity index (χ2n) is 6.31. The van der Waals surface area contributed by atoms with Gasteiger partial charge in [-0.2, -0.15) is 0 Å². The summed E-state index contributed by atoms with van der Waals surface area (Å²) in [7, 11) is 0. The van der Waals surface area contributed by atoms with Gasteiger partial charge < -0.3 is 10.1 Å². The minimum Gasteiger partial charge on any atom is -0.457 e. The van der Waals surface area contributed by atoms with Crippen LogP contribution in [-0.2, 0) is 19.4 Å². The van der Waals surface area contributed by atoms with E-state index in [2.05, 4.69) is 41.7 Å². The van der Waals surface area contributed by atoms with E-state index in [-0.39, 0.29) is 0 Å². The van der Waals surface area contributed by atoms with Crippen LogP contribution in [0.2, 0.25) is 0 Å². The highest BCUT2D eigenvalue weighted by Gasteiger charge is 2.19. The maximum absolute atomic E-state index is 5.83. The Bertz CT molecular complexity index is 771. The molecule has 3 aromatic rings. The number of benzene rings is 3. The predicted octanol–water partition coefficient (Wildman–Crippen LogP) is 4.74. The standard InChI is InChI=1S/C22H21NO/c1-2-8-21(9-3-1)24-22-12-10-17(11-13-22)16-23-20-14-18-6-4-5-7-19(18)15-20/h1-13,20,23H,14-16H2. The highest BCUT2D eigenvalue weighted by Crippen LogP contribution is 2.23. The van der Waals surface area contributed by atoms with Gasteiger partial charge in [-0.1, -0.05) is 54.6 Å². The maximum atomic E-state index is 5.83. The van der Waals surface area contributed by atoms with E-state index < -0.39 is 0 Å². The Labute approximate surface area is 143 Å². The van der Waals surface area contributed by atoms with Crippen LogP contribution < -0.4 is 10.1 Å². The van der Waals surface area contributed by atoms with Crippen LogP contribution in [-0.4, -0.2) is 6.04 Å². The number of para-hydroxylation sites is 1. The van der Waals surface area contributed by atoms with Crippen molar-refractivity contribution in [1.82, 2.24) is 5.32 Å². The Hall–Kier alpha value is -2.58. The molecule has 0 aromatic heterocycles. The Morgan fingerprint density at radius 1 is 0.708 bits per heavy atom. The summed E-state index contributed by atoms with van der Waals surface area (Å²) in [5.41, 5.74) is 4.26. The first kappa shape index (κ1) is 15.0. The number of rotatable bonds is 5. The van der Waals surface area contributed by atoms with E-state index >= 15 is 0 Å². The Morgan fingerprint density at radius 2 is 1.29 bits per heavy atom. The average molecular weight is 315 g/mol. The second kappa shape index (κ2) is 6.90. The summed E-state index contributed by atoms with van der Waals surface area (Å²) in [5, 5.41) is 3.67. The summed E-state index contributed by atoms with van der Waals surface area (Å²) in [6, 6.07) is 27.5. The lowest BCUT2D eigenvalue weighted by atomic mass is 10.1. The molecule has 0 atom stereocenters. The van der Waals surface area contributed by atoms with Crippen molar-refractivity contribution >= 4 is 0 Å². The van der Waals surface area contributed by atoms with Crippen LogP contribution in [0.1, 0.15) is 16.7 Å². The highest BCUT2D eigenvalue weighted by atomic mass is 16.5. The topological polar surface area (TPSA) is 21.3 Å². The van der Waals surface area contributed by atoms with Gasteiger partial charge >= 0.3 is 0 Å². The van der Waals surface area contributed by atoms with E-state index in [0.717, 1.165) is 30.9 Å². The number of fused-ring (bicyclic) bond motifs is 1. The predicted molar refractivity (Wildman–Crippen MR) is 97.4 cm³/mol. The smallest absolute Gasteiger partial charge is 0.127 e. The molecule has 0 amide bonds. The van der Waals surface area contributed by atoms with E-state index in [4.69, 9.17) is 4.74 Å². The van der Waals surface area contributed by atoms with E-state index in [1.165, 1.54) is 16.7 Å². The van der Waals surface area contributed by atoms with Crippen LogP contribution >= 0.6 is 0 Å². The van der Waals surface area contributed by atoms with Gasteiger partial charge in [-0.25, -0.2) is 0 Å². The molecule has 2 heteroatoms. The molecule has 0 heterocycles. The molecule has 2 nitrogen and oxygen atoms in total. The molecule has 1 aliphatic rings. The molecule has 0 unspecified atom stereocenters. The minimum absolute atomic E-state index is 0.544. The molecular formula is C22H21NO. The molecule has 0 radical (unpaired) electrons. The Kier molecular flexibility index (Phi) is 4.30. The van der Waals surface area contributed by atoms with Crippen LogP contribution in [0, 0.1) is 0 Å². The van der Waals surface area contributed by atoms with Gasteiger partial charge in [0.05, 0.1) is 0 Å². The Balaban J connectivity index is 1.32. The van der Waals surface area contributed by atoms with E-state index in [9.17, 15) is 0 Å². The highest BCUT2D eigenvalue weighted by molar-refractivity contribution is 5.34. The summed E-state index contributed by atoms with van der Waals surface area (Å²) in [4.78, 5) is 0.